The molecule has 0 unspecified atom stereocenters. The van der Waals surface area contributed by atoms with Crippen molar-refractivity contribution in [3.8, 4) is 0 Å². The molecule has 0 spiro atoms. The first-order valence-electron chi connectivity index (χ1n) is 7.39. The number of carbonyl (C=O) groups excluding carboxylic acids is 2. The van der Waals surface area contributed by atoms with E-state index in [4.69, 9.17) is 18.9 Å². The quantitative estimate of drug-likeness (QED) is 0.410. The average Bonchev–Trinajstić information content (AvgIpc) is 3.22. The molecular weight excluding hydrogens is 400 g/mol. The van der Waals surface area contributed by atoms with Crippen molar-refractivity contribution < 1.29 is 38.7 Å². The molecule has 0 aromatic heterocycles. The van der Waals surface area contributed by atoms with Gasteiger partial charge in [0.05, 0.1) is 26.4 Å². The van der Waals surface area contributed by atoms with Crippen molar-refractivity contribution in [2.45, 2.75) is 24.4 Å². The first-order chi connectivity index (χ1) is 11.4. The first-order valence-corrected chi connectivity index (χ1v) is 10.2. The van der Waals surface area contributed by atoms with Gasteiger partial charge >= 0.3 is 37.7 Å². The number of carboxylic acids is 2. The van der Waals surface area contributed by atoms with Crippen LogP contribution in [0.4, 0.5) is 0 Å². The molecular formula is C14H22CaO8S2. The van der Waals surface area contributed by atoms with Crippen molar-refractivity contribution in [1.29, 1.82) is 0 Å². The number of ether oxygens (including phenoxy) is 4. The van der Waals surface area contributed by atoms with Gasteiger partial charge in [-0.05, 0) is 24.0 Å². The number of carboxylic acid groups (broad SMARTS) is 2. The zero-order valence-corrected chi connectivity index (χ0v) is 18.3. The van der Waals surface area contributed by atoms with Crippen molar-refractivity contribution in [3.05, 3.63) is 0 Å². The maximum absolute atomic E-state index is 10.7. The summed E-state index contributed by atoms with van der Waals surface area (Å²) in [5.74, 6) is -4.10. The van der Waals surface area contributed by atoms with Crippen LogP contribution in [0.1, 0.15) is 12.8 Å². The fourth-order valence-corrected chi connectivity index (χ4v) is 3.06. The van der Waals surface area contributed by atoms with E-state index in [2.05, 4.69) is 0 Å². The van der Waals surface area contributed by atoms with Crippen LogP contribution < -0.4 is 10.2 Å². The monoisotopic (exact) mass is 422 g/mol. The van der Waals surface area contributed by atoms with Crippen LogP contribution in [0.5, 0.6) is 0 Å². The van der Waals surface area contributed by atoms with Gasteiger partial charge in [0.2, 0.25) is 11.6 Å². The molecule has 0 saturated carbocycles. The molecule has 11 heteroatoms. The maximum Gasteiger partial charge on any atom is 2.00 e. The molecule has 0 aromatic carbocycles. The molecule has 2 aliphatic heterocycles. The molecule has 0 bridgehead atoms. The van der Waals surface area contributed by atoms with Gasteiger partial charge in [0.25, 0.3) is 0 Å². The zero-order valence-electron chi connectivity index (χ0n) is 14.4. The minimum atomic E-state index is -1.47. The van der Waals surface area contributed by atoms with Crippen molar-refractivity contribution >= 4 is 73.2 Å². The summed E-state index contributed by atoms with van der Waals surface area (Å²) in [7, 11) is 0. The van der Waals surface area contributed by atoms with Gasteiger partial charge < -0.3 is 38.7 Å². The van der Waals surface area contributed by atoms with Crippen LogP contribution in [0.2, 0.25) is 0 Å². The number of thioether (sulfide) groups is 2. The van der Waals surface area contributed by atoms with E-state index in [1.54, 1.807) is 23.5 Å². The minimum Gasteiger partial charge on any atom is -0.544 e. The molecule has 140 valence electrons. The molecule has 2 saturated heterocycles. The van der Waals surface area contributed by atoms with E-state index in [1.165, 1.54) is 0 Å². The van der Waals surface area contributed by atoms with Gasteiger partial charge in [-0.1, -0.05) is 0 Å². The van der Waals surface area contributed by atoms with E-state index in [0.717, 1.165) is 0 Å². The van der Waals surface area contributed by atoms with Gasteiger partial charge in [-0.3, -0.25) is 0 Å². The van der Waals surface area contributed by atoms with Gasteiger partial charge in [0.1, 0.15) is 11.9 Å². The van der Waals surface area contributed by atoms with Crippen LogP contribution in [0, 0.1) is 0 Å². The molecule has 2 fully saturated rings. The maximum atomic E-state index is 10.7. The normalized spacial score (nSPS) is 20.2. The summed E-state index contributed by atoms with van der Waals surface area (Å²) in [5.41, 5.74) is 0. The van der Waals surface area contributed by atoms with Crippen molar-refractivity contribution in [1.82, 2.24) is 0 Å². The van der Waals surface area contributed by atoms with Crippen LogP contribution in [0.15, 0.2) is 0 Å². The SMILES string of the molecule is CSCCC1(C(=O)[O-])OCCO1.CSCCC1(C(=O)[O-])OCCO1.[Ca+2]. The fourth-order valence-electron chi connectivity index (χ4n) is 2.11. The zero-order chi connectivity index (χ0) is 18.1. The number of hydrogen-bond donors (Lipinski definition) is 0. The molecule has 2 aliphatic rings. The van der Waals surface area contributed by atoms with Crippen LogP contribution in [-0.2, 0) is 28.5 Å². The summed E-state index contributed by atoms with van der Waals surface area (Å²) in [6.45, 7) is 1.34. The Kier molecular flexibility index (Phi) is 13.4. The number of rotatable bonds is 8. The molecule has 2 heterocycles. The van der Waals surface area contributed by atoms with Crippen LogP contribution >= 0.6 is 23.5 Å². The third kappa shape index (κ3) is 7.71. The van der Waals surface area contributed by atoms with Crippen LogP contribution in [0.3, 0.4) is 0 Å². The minimum absolute atomic E-state index is 0. The Morgan fingerprint density at radius 1 is 0.800 bits per heavy atom. The third-order valence-electron chi connectivity index (χ3n) is 3.40. The topological polar surface area (TPSA) is 117 Å². The Labute approximate surface area is 185 Å². The predicted octanol–water partition coefficient (Wildman–Crippen LogP) is -1.92. The summed E-state index contributed by atoms with van der Waals surface area (Å²) in [6.07, 6.45) is 4.49. The Bertz CT molecular complexity index is 374. The van der Waals surface area contributed by atoms with Gasteiger partial charge in [-0.15, -0.1) is 0 Å². The second-order valence-corrected chi connectivity index (χ2v) is 6.93. The van der Waals surface area contributed by atoms with Gasteiger partial charge in [-0.2, -0.15) is 23.5 Å². The smallest absolute Gasteiger partial charge is 0.544 e. The van der Waals surface area contributed by atoms with E-state index in [9.17, 15) is 19.8 Å². The molecule has 0 N–H and O–H groups in total. The Hall–Kier alpha value is 0.740. The molecule has 0 atom stereocenters. The number of aliphatic carboxylic acids is 2. The Morgan fingerprint density at radius 2 is 1.08 bits per heavy atom. The molecule has 2 rings (SSSR count). The molecule has 0 amide bonds. The summed E-state index contributed by atoms with van der Waals surface area (Å²) in [6, 6.07) is 0. The molecule has 0 radical (unpaired) electrons. The van der Waals surface area contributed by atoms with Gasteiger partial charge in [-0.25, -0.2) is 0 Å². The van der Waals surface area contributed by atoms with E-state index in [1.807, 2.05) is 12.5 Å². The van der Waals surface area contributed by atoms with E-state index in [0.29, 0.717) is 50.8 Å². The van der Waals surface area contributed by atoms with E-state index < -0.39 is 23.5 Å². The van der Waals surface area contributed by atoms with Crippen LogP contribution in [0.25, 0.3) is 0 Å². The predicted molar refractivity (Wildman–Crippen MR) is 91.0 cm³/mol. The molecule has 0 aromatic rings. The molecule has 25 heavy (non-hydrogen) atoms. The largest absolute Gasteiger partial charge is 2.00 e. The van der Waals surface area contributed by atoms with Gasteiger partial charge in [0.15, 0.2) is 0 Å². The standard InChI is InChI=1S/2C7H12O4S.Ca/c2*1-12-5-2-7(6(8)9)10-3-4-11-7;/h2*2-5H2,1H3,(H,8,9);/q;;+2/p-2. The second kappa shape index (κ2) is 13.0. The van der Waals surface area contributed by atoms with E-state index >= 15 is 0 Å². The Morgan fingerprint density at radius 3 is 1.28 bits per heavy atom. The summed E-state index contributed by atoms with van der Waals surface area (Å²) >= 11 is 3.11. The number of carbonyl (C=O) groups is 2. The second-order valence-electron chi connectivity index (χ2n) is 4.96. The fraction of sp³-hybridized carbons (Fsp3) is 0.857. The summed E-state index contributed by atoms with van der Waals surface area (Å²) in [4.78, 5) is 21.3. The van der Waals surface area contributed by atoms with E-state index in [-0.39, 0.29) is 37.7 Å². The molecule has 8 nitrogen and oxygen atoms in total. The summed E-state index contributed by atoms with van der Waals surface area (Å²) < 4.78 is 20.0. The summed E-state index contributed by atoms with van der Waals surface area (Å²) in [5, 5.41) is 21.3. The van der Waals surface area contributed by atoms with Crippen molar-refractivity contribution in [2.24, 2.45) is 0 Å². The average molecular weight is 423 g/mol. The van der Waals surface area contributed by atoms with Gasteiger partial charge in [0, 0.05) is 12.8 Å². The Balaban J connectivity index is 0.000000443. The van der Waals surface area contributed by atoms with Crippen molar-refractivity contribution in [2.75, 3.05) is 50.4 Å². The number of hydrogen-bond acceptors (Lipinski definition) is 10. The van der Waals surface area contributed by atoms with Crippen LogP contribution in [-0.4, -0.2) is 112 Å². The first kappa shape index (κ1) is 25.7. The van der Waals surface area contributed by atoms with Crippen molar-refractivity contribution in [3.63, 3.8) is 0 Å². The molecule has 0 aliphatic carbocycles. The third-order valence-corrected chi connectivity index (χ3v) is 4.62.